The van der Waals surface area contributed by atoms with E-state index in [1.54, 1.807) is 0 Å². The lowest BCUT2D eigenvalue weighted by Crippen LogP contribution is -2.28. The van der Waals surface area contributed by atoms with Crippen LogP contribution in [-0.2, 0) is 6.54 Å². The molecule has 0 saturated heterocycles. The number of unbranched alkanes of at least 4 members (excludes halogenated alkanes) is 2. The van der Waals surface area contributed by atoms with E-state index in [9.17, 15) is 0 Å². The Morgan fingerprint density at radius 3 is 2.89 bits per heavy atom. The monoisotopic (exact) mass is 268 g/mol. The van der Waals surface area contributed by atoms with Crippen LogP contribution in [0.3, 0.4) is 0 Å². The van der Waals surface area contributed by atoms with Gasteiger partial charge in [-0.15, -0.1) is 0 Å². The topological polar surface area (TPSA) is 49.5 Å². The van der Waals surface area contributed by atoms with Gasteiger partial charge < -0.3 is 10.8 Å². The van der Waals surface area contributed by atoms with Gasteiger partial charge in [-0.1, -0.05) is 23.7 Å². The van der Waals surface area contributed by atoms with Crippen molar-refractivity contribution in [1.82, 2.24) is 4.90 Å². The molecule has 1 aliphatic rings. The number of rotatable bonds is 6. The van der Waals surface area contributed by atoms with Crippen LogP contribution in [0.5, 0.6) is 0 Å². The Balaban J connectivity index is 2.01. The van der Waals surface area contributed by atoms with Gasteiger partial charge in [-0.2, -0.15) is 0 Å². The molecule has 18 heavy (non-hydrogen) atoms. The molecule has 0 fully saturated rings. The molecule has 1 aliphatic heterocycles. The van der Waals surface area contributed by atoms with E-state index in [1.165, 1.54) is 11.1 Å². The molecule has 0 bridgehead atoms. The summed E-state index contributed by atoms with van der Waals surface area (Å²) in [7, 11) is 0. The van der Waals surface area contributed by atoms with Crippen LogP contribution in [0.25, 0.3) is 0 Å². The Kier molecular flexibility index (Phi) is 5.01. The van der Waals surface area contributed by atoms with Crippen LogP contribution in [0, 0.1) is 0 Å². The Labute approximate surface area is 114 Å². The second-order valence-electron chi connectivity index (χ2n) is 4.81. The molecule has 0 radical (unpaired) electrons. The van der Waals surface area contributed by atoms with Crippen molar-refractivity contribution in [3.05, 3.63) is 34.3 Å². The highest BCUT2D eigenvalue weighted by Crippen LogP contribution is 2.36. The molecular formula is C14H21ClN2O. The minimum atomic E-state index is 0.284. The van der Waals surface area contributed by atoms with Crippen LogP contribution in [0.15, 0.2) is 18.2 Å². The molecule has 0 saturated carbocycles. The Morgan fingerprint density at radius 1 is 1.33 bits per heavy atom. The maximum Gasteiger partial charge on any atom is 0.0477 e. The molecule has 1 aromatic rings. The van der Waals surface area contributed by atoms with Crippen LogP contribution in [-0.4, -0.2) is 29.7 Å². The summed E-state index contributed by atoms with van der Waals surface area (Å²) in [6, 6.07) is 6.38. The number of aliphatic hydroxyl groups is 1. The van der Waals surface area contributed by atoms with Gasteiger partial charge in [0.1, 0.15) is 0 Å². The minimum absolute atomic E-state index is 0.284. The van der Waals surface area contributed by atoms with E-state index in [4.69, 9.17) is 22.4 Å². The molecule has 1 heterocycles. The van der Waals surface area contributed by atoms with Crippen molar-refractivity contribution in [2.24, 2.45) is 5.73 Å². The fourth-order valence-corrected chi connectivity index (χ4v) is 2.92. The first-order valence-electron chi connectivity index (χ1n) is 6.60. The summed E-state index contributed by atoms with van der Waals surface area (Å²) in [5.41, 5.74) is 8.41. The Morgan fingerprint density at radius 2 is 2.17 bits per heavy atom. The van der Waals surface area contributed by atoms with E-state index in [0.29, 0.717) is 12.6 Å². The van der Waals surface area contributed by atoms with Crippen LogP contribution >= 0.6 is 11.6 Å². The molecule has 3 nitrogen and oxygen atoms in total. The highest BCUT2D eigenvalue weighted by Gasteiger charge is 2.29. The lowest BCUT2D eigenvalue weighted by Gasteiger charge is -2.23. The SMILES string of the molecule is NCC1c2cccc(Cl)c2CN1CCCCCO. The third-order valence-electron chi connectivity index (χ3n) is 3.64. The van der Waals surface area contributed by atoms with Gasteiger partial charge in [0.15, 0.2) is 0 Å². The summed E-state index contributed by atoms with van der Waals surface area (Å²) in [5, 5.41) is 9.63. The molecular weight excluding hydrogens is 248 g/mol. The molecule has 2 rings (SSSR count). The highest BCUT2D eigenvalue weighted by molar-refractivity contribution is 6.31. The van der Waals surface area contributed by atoms with Gasteiger partial charge in [0.05, 0.1) is 0 Å². The summed E-state index contributed by atoms with van der Waals surface area (Å²) in [4.78, 5) is 2.40. The lowest BCUT2D eigenvalue weighted by molar-refractivity contribution is 0.210. The molecule has 0 aromatic heterocycles. The molecule has 0 aliphatic carbocycles. The van der Waals surface area contributed by atoms with Gasteiger partial charge >= 0.3 is 0 Å². The van der Waals surface area contributed by atoms with Gasteiger partial charge in [0, 0.05) is 30.8 Å². The van der Waals surface area contributed by atoms with Crippen molar-refractivity contribution >= 4 is 11.6 Å². The predicted octanol–water partition coefficient (Wildman–Crippen LogP) is 2.32. The van der Waals surface area contributed by atoms with Crippen LogP contribution < -0.4 is 5.73 Å². The van der Waals surface area contributed by atoms with E-state index < -0.39 is 0 Å². The number of benzene rings is 1. The van der Waals surface area contributed by atoms with Gasteiger partial charge in [-0.3, -0.25) is 4.90 Å². The second-order valence-corrected chi connectivity index (χ2v) is 5.22. The number of nitrogens with two attached hydrogens (primary N) is 1. The normalized spacial score (nSPS) is 19.2. The Bertz CT molecular complexity index is 397. The number of aliphatic hydroxyl groups excluding tert-OH is 1. The largest absolute Gasteiger partial charge is 0.396 e. The summed E-state index contributed by atoms with van der Waals surface area (Å²) < 4.78 is 0. The minimum Gasteiger partial charge on any atom is -0.396 e. The fraction of sp³-hybridized carbons (Fsp3) is 0.571. The Hall–Kier alpha value is -0.610. The average molecular weight is 269 g/mol. The standard InChI is InChI=1S/C14H21ClN2O/c15-13-6-4-5-11-12(13)10-17(14(11)9-16)7-2-1-3-8-18/h4-6,14,18H,1-3,7-10,16H2. The quantitative estimate of drug-likeness (QED) is 0.779. The van der Waals surface area contributed by atoms with Crippen LogP contribution in [0.2, 0.25) is 5.02 Å². The van der Waals surface area contributed by atoms with Crippen molar-refractivity contribution in [1.29, 1.82) is 0 Å². The van der Waals surface area contributed by atoms with Crippen LogP contribution in [0.4, 0.5) is 0 Å². The molecule has 0 amide bonds. The summed E-state index contributed by atoms with van der Waals surface area (Å²) in [6.45, 7) is 2.84. The van der Waals surface area contributed by atoms with E-state index in [2.05, 4.69) is 11.0 Å². The molecule has 1 atom stereocenters. The maximum atomic E-state index is 8.78. The van der Waals surface area contributed by atoms with Crippen molar-refractivity contribution in [2.45, 2.75) is 31.8 Å². The first kappa shape index (κ1) is 13.8. The molecule has 3 N–H and O–H groups in total. The van der Waals surface area contributed by atoms with Crippen molar-refractivity contribution < 1.29 is 5.11 Å². The third-order valence-corrected chi connectivity index (χ3v) is 4.00. The average Bonchev–Trinajstić information content (AvgIpc) is 2.74. The smallest absolute Gasteiger partial charge is 0.0477 e. The lowest BCUT2D eigenvalue weighted by atomic mass is 10.1. The zero-order valence-electron chi connectivity index (χ0n) is 10.6. The summed E-state index contributed by atoms with van der Waals surface area (Å²) >= 11 is 6.24. The maximum absolute atomic E-state index is 8.78. The van der Waals surface area contributed by atoms with E-state index in [1.807, 2.05) is 12.1 Å². The summed E-state index contributed by atoms with van der Waals surface area (Å²) in [5.74, 6) is 0. The number of hydrogen-bond donors (Lipinski definition) is 2. The highest BCUT2D eigenvalue weighted by atomic mass is 35.5. The zero-order chi connectivity index (χ0) is 13.0. The predicted molar refractivity (Wildman–Crippen MR) is 74.6 cm³/mol. The molecule has 4 heteroatoms. The number of fused-ring (bicyclic) bond motifs is 1. The molecule has 0 spiro atoms. The van der Waals surface area contributed by atoms with Gasteiger partial charge in [0.2, 0.25) is 0 Å². The van der Waals surface area contributed by atoms with Crippen LogP contribution in [0.1, 0.15) is 36.4 Å². The summed E-state index contributed by atoms with van der Waals surface area (Å²) in [6.07, 6.45) is 3.05. The molecule has 1 aromatic carbocycles. The van der Waals surface area contributed by atoms with E-state index >= 15 is 0 Å². The first-order valence-corrected chi connectivity index (χ1v) is 6.98. The number of hydrogen-bond acceptors (Lipinski definition) is 3. The zero-order valence-corrected chi connectivity index (χ0v) is 11.4. The molecule has 1 unspecified atom stereocenters. The van der Waals surface area contributed by atoms with Gasteiger partial charge in [0.25, 0.3) is 0 Å². The number of halogens is 1. The van der Waals surface area contributed by atoms with Crippen molar-refractivity contribution in [3.63, 3.8) is 0 Å². The number of nitrogens with zero attached hydrogens (tertiary/aromatic N) is 1. The van der Waals surface area contributed by atoms with Crippen molar-refractivity contribution in [3.8, 4) is 0 Å². The molecule has 100 valence electrons. The van der Waals surface area contributed by atoms with Gasteiger partial charge in [-0.25, -0.2) is 0 Å². The van der Waals surface area contributed by atoms with Crippen molar-refractivity contribution in [2.75, 3.05) is 19.7 Å². The third kappa shape index (κ3) is 2.86. The fourth-order valence-electron chi connectivity index (χ4n) is 2.68. The first-order chi connectivity index (χ1) is 8.77. The van der Waals surface area contributed by atoms with Gasteiger partial charge in [-0.05, 0) is 43.0 Å². The van der Waals surface area contributed by atoms with E-state index in [-0.39, 0.29) is 6.61 Å². The van der Waals surface area contributed by atoms with E-state index in [0.717, 1.165) is 37.4 Å². The second kappa shape index (κ2) is 6.53.